The van der Waals surface area contributed by atoms with Crippen molar-refractivity contribution in [3.63, 3.8) is 0 Å². The van der Waals surface area contributed by atoms with E-state index in [1.165, 1.54) is 24.3 Å². The van der Waals surface area contributed by atoms with E-state index in [1.807, 2.05) is 24.3 Å². The number of ether oxygens (including phenoxy) is 1. The molecule has 2 aromatic heterocycles. The van der Waals surface area contributed by atoms with E-state index in [9.17, 15) is 9.59 Å². The highest BCUT2D eigenvalue weighted by Gasteiger charge is 2.22. The van der Waals surface area contributed by atoms with Crippen molar-refractivity contribution in [3.8, 4) is 22.9 Å². The van der Waals surface area contributed by atoms with Gasteiger partial charge in [-0.3, -0.25) is 9.59 Å². The quantitative estimate of drug-likeness (QED) is 0.169. The summed E-state index contributed by atoms with van der Waals surface area (Å²) in [7, 11) is 0. The van der Waals surface area contributed by atoms with Crippen LogP contribution in [0, 0.1) is 11.6 Å². The van der Waals surface area contributed by atoms with Crippen LogP contribution in [-0.2, 0) is 22.4 Å². The third-order valence-corrected chi connectivity index (χ3v) is 8.31. The number of nitrogens with zero attached hydrogens (tertiary/aromatic N) is 1. The van der Waals surface area contributed by atoms with Crippen LogP contribution in [0.1, 0.15) is 66.8 Å². The Kier molecular flexibility index (Phi) is 8.91. The minimum atomic E-state index is -0.848. The van der Waals surface area contributed by atoms with Gasteiger partial charge in [-0.15, -0.1) is 0 Å². The molecule has 3 aromatic carbocycles. The Balaban J connectivity index is 1.38. The monoisotopic (exact) mass is 612 g/mol. The number of hydrogen-bond donors (Lipinski definition) is 4. The Morgan fingerprint density at radius 3 is 2.76 bits per heavy atom. The Hall–Kier alpha value is -4.99. The molecule has 0 aliphatic carbocycles. The minimum Gasteiger partial charge on any atom is -0.481 e. The fourth-order valence-corrected chi connectivity index (χ4v) is 6.02. The third-order valence-electron chi connectivity index (χ3n) is 8.31. The van der Waals surface area contributed by atoms with E-state index in [-0.39, 0.29) is 41.7 Å². The second-order valence-electron chi connectivity index (χ2n) is 11.5. The Morgan fingerprint density at radius 1 is 1.02 bits per heavy atom. The number of hydrogen-bond acceptors (Lipinski definition) is 4. The molecule has 0 saturated heterocycles. The van der Waals surface area contributed by atoms with Gasteiger partial charge in [0.05, 0.1) is 12.0 Å². The van der Waals surface area contributed by atoms with Crippen LogP contribution in [-0.4, -0.2) is 38.5 Å². The number of carboxylic acid groups (broad SMARTS) is 1. The number of aromatic nitrogens is 3. The van der Waals surface area contributed by atoms with Crippen molar-refractivity contribution in [2.45, 2.75) is 57.3 Å². The Bertz CT molecular complexity index is 1850. The van der Waals surface area contributed by atoms with Crippen LogP contribution in [0.3, 0.4) is 0 Å². The average molecular weight is 613 g/mol. The highest BCUT2D eigenvalue weighted by atomic mass is 19.1. The van der Waals surface area contributed by atoms with Gasteiger partial charge < -0.3 is 25.1 Å². The number of carbonyl (C=O) groups excluding carboxylic acids is 1. The van der Waals surface area contributed by atoms with Crippen LogP contribution in [0.25, 0.3) is 22.3 Å². The maximum atomic E-state index is 15.4. The van der Waals surface area contributed by atoms with Crippen molar-refractivity contribution in [3.05, 3.63) is 101 Å². The van der Waals surface area contributed by atoms with E-state index in [0.29, 0.717) is 35.3 Å². The van der Waals surface area contributed by atoms with Crippen LogP contribution >= 0.6 is 0 Å². The van der Waals surface area contributed by atoms with E-state index >= 15 is 8.78 Å². The first kappa shape index (κ1) is 30.1. The fourth-order valence-electron chi connectivity index (χ4n) is 6.02. The van der Waals surface area contributed by atoms with Gasteiger partial charge in [-0.2, -0.15) is 0 Å². The molecule has 4 N–H and O–H groups in total. The maximum absolute atomic E-state index is 15.4. The van der Waals surface area contributed by atoms with Crippen molar-refractivity contribution in [2.75, 3.05) is 6.54 Å². The summed E-state index contributed by atoms with van der Waals surface area (Å²) >= 11 is 0. The zero-order chi connectivity index (χ0) is 31.3. The number of aromatic amines is 2. The molecule has 1 atom stereocenters. The molecular formula is C35H34F2N4O4. The van der Waals surface area contributed by atoms with Gasteiger partial charge in [0.15, 0.2) is 11.6 Å². The minimum absolute atomic E-state index is 0.0427. The van der Waals surface area contributed by atoms with E-state index in [2.05, 4.69) is 20.3 Å². The molecule has 232 valence electrons. The molecule has 0 saturated carbocycles. The zero-order valence-corrected chi connectivity index (χ0v) is 24.7. The number of rotatable bonds is 4. The van der Waals surface area contributed by atoms with Gasteiger partial charge in [0.25, 0.3) is 0 Å². The molecule has 4 bridgehead atoms. The maximum Gasteiger partial charge on any atom is 0.303 e. The third kappa shape index (κ3) is 6.90. The molecule has 5 aromatic rings. The van der Waals surface area contributed by atoms with Crippen molar-refractivity contribution >= 4 is 22.8 Å². The van der Waals surface area contributed by atoms with Gasteiger partial charge in [-0.1, -0.05) is 43.5 Å². The van der Waals surface area contributed by atoms with Gasteiger partial charge >= 0.3 is 5.97 Å². The second kappa shape index (κ2) is 13.3. The van der Waals surface area contributed by atoms with E-state index in [1.54, 1.807) is 18.5 Å². The number of carboxylic acids is 1. The first-order chi connectivity index (χ1) is 21.9. The average Bonchev–Trinajstić information content (AvgIpc) is 3.70. The number of imidazole rings is 1. The summed E-state index contributed by atoms with van der Waals surface area (Å²) < 4.78 is 36.7. The molecule has 1 aliphatic rings. The van der Waals surface area contributed by atoms with Crippen LogP contribution < -0.4 is 10.1 Å². The van der Waals surface area contributed by atoms with Crippen molar-refractivity contribution in [1.29, 1.82) is 0 Å². The predicted octanol–water partition coefficient (Wildman–Crippen LogP) is 7.40. The molecular weight excluding hydrogens is 578 g/mol. The van der Waals surface area contributed by atoms with Crippen molar-refractivity contribution in [2.24, 2.45) is 0 Å². The van der Waals surface area contributed by atoms with Gasteiger partial charge in [0.2, 0.25) is 5.91 Å². The van der Waals surface area contributed by atoms with Crippen LogP contribution in [0.15, 0.2) is 67.0 Å². The van der Waals surface area contributed by atoms with E-state index < -0.39 is 17.6 Å². The second-order valence-corrected chi connectivity index (χ2v) is 11.5. The summed E-state index contributed by atoms with van der Waals surface area (Å²) in [5, 5.41) is 12.8. The number of benzene rings is 3. The van der Waals surface area contributed by atoms with Crippen molar-refractivity contribution in [1.82, 2.24) is 20.3 Å². The largest absolute Gasteiger partial charge is 0.481 e. The number of halogens is 2. The first-order valence-electron chi connectivity index (χ1n) is 15.2. The summed E-state index contributed by atoms with van der Waals surface area (Å²) in [4.78, 5) is 35.0. The standard InChI is InChI=1S/C35H34F2N4O4/c36-28-11-10-23-17-27(28)35-40-20-31(41-35)24(22-7-5-6-21(16-22)9-12-33(43)44)8-3-1-2-4-14-39-32(42)18-26-25-13-15-38-30(25)19-29(37)34(26)45-23/h5-7,10-11,13,15-17,19-20,24,38H,1-4,8-9,12,14,18H2,(H,39,42)(H,40,41)(H,43,44). The lowest BCUT2D eigenvalue weighted by atomic mass is 9.89. The van der Waals surface area contributed by atoms with E-state index in [0.717, 1.165) is 48.9 Å². The number of carbonyl (C=O) groups is 2. The van der Waals surface area contributed by atoms with Gasteiger partial charge in [-0.05, 0) is 54.7 Å². The molecule has 0 fully saturated rings. The Morgan fingerprint density at radius 2 is 1.89 bits per heavy atom. The van der Waals surface area contributed by atoms with Gasteiger partial charge in [0.1, 0.15) is 17.4 Å². The molecule has 3 heterocycles. The summed E-state index contributed by atoms with van der Waals surface area (Å²) in [6.07, 6.45) is 8.13. The van der Waals surface area contributed by atoms with E-state index in [4.69, 9.17) is 9.84 Å². The van der Waals surface area contributed by atoms with Crippen molar-refractivity contribution < 1.29 is 28.2 Å². The van der Waals surface area contributed by atoms with Gasteiger partial charge in [-0.25, -0.2) is 13.8 Å². The number of nitrogens with one attached hydrogen (secondary N) is 3. The molecule has 8 nitrogen and oxygen atoms in total. The fraction of sp³-hybridized carbons (Fsp3) is 0.286. The first-order valence-corrected chi connectivity index (χ1v) is 15.2. The lowest BCUT2D eigenvalue weighted by Gasteiger charge is -2.17. The highest BCUT2D eigenvalue weighted by Crippen LogP contribution is 2.37. The molecule has 1 amide bonds. The summed E-state index contributed by atoms with van der Waals surface area (Å²) in [6.45, 7) is 0.501. The number of H-pyrrole nitrogens is 2. The zero-order valence-electron chi connectivity index (χ0n) is 24.7. The summed E-state index contributed by atoms with van der Waals surface area (Å²) in [6, 6.07) is 15.1. The number of aliphatic carboxylic acids is 1. The SMILES string of the molecule is O=C(O)CCc1cccc(C2CCCCCCNC(=O)Cc3c(c(F)cc4[nH]ccc34)Oc3ccc(F)c(c3)-c3ncc2[nH]3)c1. The topological polar surface area (TPSA) is 120 Å². The van der Waals surface area contributed by atoms with Crippen LogP contribution in [0.4, 0.5) is 8.78 Å². The smallest absolute Gasteiger partial charge is 0.303 e. The van der Waals surface area contributed by atoms with Crippen LogP contribution in [0.5, 0.6) is 11.5 Å². The molecule has 1 aliphatic heterocycles. The summed E-state index contributed by atoms with van der Waals surface area (Å²) in [5.41, 5.74) is 3.87. The lowest BCUT2D eigenvalue weighted by Crippen LogP contribution is -2.26. The lowest BCUT2D eigenvalue weighted by molar-refractivity contribution is -0.137. The molecule has 0 spiro atoms. The predicted molar refractivity (Wildman–Crippen MR) is 166 cm³/mol. The summed E-state index contributed by atoms with van der Waals surface area (Å²) in [5.74, 6) is -1.92. The molecule has 6 rings (SSSR count). The number of amides is 1. The molecule has 0 radical (unpaired) electrons. The molecule has 10 heteroatoms. The number of aryl methyl sites for hydroxylation is 1. The van der Waals surface area contributed by atoms with Gasteiger partial charge in [0, 0.05) is 59.5 Å². The van der Waals surface area contributed by atoms with Crippen LogP contribution in [0.2, 0.25) is 0 Å². The Labute approximate surface area is 258 Å². The highest BCUT2D eigenvalue weighted by molar-refractivity contribution is 5.91. The normalized spacial score (nSPS) is 16.1. The number of fused-ring (bicyclic) bond motifs is 8. The molecule has 45 heavy (non-hydrogen) atoms. The molecule has 1 unspecified atom stereocenters.